The van der Waals surface area contributed by atoms with Crippen LogP contribution in [0.15, 0.2) is 42.5 Å². The average Bonchev–Trinajstić information content (AvgIpc) is 2.70. The normalized spacial score (nSPS) is 15.8. The van der Waals surface area contributed by atoms with Crippen LogP contribution in [0.4, 0.5) is 5.69 Å². The van der Waals surface area contributed by atoms with E-state index in [9.17, 15) is 13.2 Å². The summed E-state index contributed by atoms with van der Waals surface area (Å²) in [5.41, 5.74) is 1.25. The van der Waals surface area contributed by atoms with Crippen molar-refractivity contribution in [3.05, 3.63) is 58.1 Å². The summed E-state index contributed by atoms with van der Waals surface area (Å²) in [4.78, 5) is 12.7. The van der Waals surface area contributed by atoms with E-state index in [1.807, 2.05) is 32.0 Å². The molecule has 0 bridgehead atoms. The molecular formula is C22H26Cl2N2O4S. The Bertz CT molecular complexity index is 1040. The Morgan fingerprint density at radius 3 is 2.48 bits per heavy atom. The largest absolute Gasteiger partial charge is 0.491 e. The molecule has 9 heteroatoms. The molecule has 2 aromatic rings. The lowest BCUT2D eigenvalue weighted by molar-refractivity contribution is -0.120. The number of ether oxygens (including phenoxy) is 1. The summed E-state index contributed by atoms with van der Waals surface area (Å²) < 4.78 is 32.7. The van der Waals surface area contributed by atoms with E-state index in [-0.39, 0.29) is 23.7 Å². The van der Waals surface area contributed by atoms with E-state index in [0.29, 0.717) is 53.0 Å². The molecule has 1 fully saturated rings. The summed E-state index contributed by atoms with van der Waals surface area (Å²) in [5.74, 6) is 0.189. The molecule has 1 aliphatic rings. The van der Waals surface area contributed by atoms with Gasteiger partial charge in [-0.2, -0.15) is 0 Å². The summed E-state index contributed by atoms with van der Waals surface area (Å²) in [6.45, 7) is 4.49. The van der Waals surface area contributed by atoms with E-state index >= 15 is 0 Å². The maximum absolute atomic E-state index is 12.8. The second-order valence-electron chi connectivity index (χ2n) is 7.86. The summed E-state index contributed by atoms with van der Waals surface area (Å²) in [5, 5.41) is 3.63. The highest BCUT2D eigenvalue weighted by Crippen LogP contribution is 2.27. The molecule has 6 nitrogen and oxygen atoms in total. The van der Waals surface area contributed by atoms with Gasteiger partial charge in [-0.15, -0.1) is 0 Å². The fraction of sp³-hybridized carbons (Fsp3) is 0.409. The number of amides is 1. The second kappa shape index (κ2) is 10.2. The number of nitrogens with zero attached hydrogens (tertiary/aromatic N) is 1. The van der Waals surface area contributed by atoms with Crippen molar-refractivity contribution in [3.63, 3.8) is 0 Å². The highest BCUT2D eigenvalue weighted by molar-refractivity contribution is 7.88. The molecule has 0 saturated carbocycles. The van der Waals surface area contributed by atoms with Crippen LogP contribution in [0.5, 0.6) is 5.75 Å². The summed E-state index contributed by atoms with van der Waals surface area (Å²) in [6, 6.07) is 12.1. The van der Waals surface area contributed by atoms with Crippen molar-refractivity contribution in [2.75, 3.05) is 18.4 Å². The summed E-state index contributed by atoms with van der Waals surface area (Å²) in [7, 11) is -3.51. The van der Waals surface area contributed by atoms with Crippen molar-refractivity contribution in [1.29, 1.82) is 0 Å². The van der Waals surface area contributed by atoms with Crippen molar-refractivity contribution < 1.29 is 17.9 Å². The van der Waals surface area contributed by atoms with Gasteiger partial charge in [-0.25, -0.2) is 12.7 Å². The first kappa shape index (κ1) is 23.9. The number of sulfonamides is 1. The van der Waals surface area contributed by atoms with Gasteiger partial charge in [0.2, 0.25) is 15.9 Å². The molecule has 0 atom stereocenters. The lowest BCUT2D eigenvalue weighted by Crippen LogP contribution is -2.41. The van der Waals surface area contributed by atoms with Gasteiger partial charge in [-0.3, -0.25) is 4.79 Å². The van der Waals surface area contributed by atoms with Crippen LogP contribution in [0.3, 0.4) is 0 Å². The average molecular weight is 485 g/mol. The third-order valence-electron chi connectivity index (χ3n) is 5.02. The first-order valence-corrected chi connectivity index (χ1v) is 12.5. The standard InChI is InChI=1S/C22H26Cl2N2O4S/c1-15(2)30-19-5-3-4-18(13-19)25-22(27)17-8-10-26(11-9-17)31(28,29)14-16-6-7-20(23)21(24)12-16/h3-7,12-13,15,17H,8-11,14H2,1-2H3,(H,25,27). The molecule has 0 unspecified atom stereocenters. The Labute approximate surface area is 193 Å². The minimum Gasteiger partial charge on any atom is -0.491 e. The number of piperidine rings is 1. The number of benzene rings is 2. The Kier molecular flexibility index (Phi) is 7.86. The van der Waals surface area contributed by atoms with E-state index < -0.39 is 10.0 Å². The van der Waals surface area contributed by atoms with Crippen LogP contribution in [-0.4, -0.2) is 37.8 Å². The topological polar surface area (TPSA) is 75.7 Å². The van der Waals surface area contributed by atoms with E-state index in [4.69, 9.17) is 27.9 Å². The Morgan fingerprint density at radius 1 is 1.13 bits per heavy atom. The monoisotopic (exact) mass is 484 g/mol. The predicted molar refractivity (Wildman–Crippen MR) is 124 cm³/mol. The van der Waals surface area contributed by atoms with E-state index in [2.05, 4.69) is 5.32 Å². The van der Waals surface area contributed by atoms with Gasteiger partial charge in [-0.1, -0.05) is 35.3 Å². The first-order valence-electron chi connectivity index (χ1n) is 10.1. The highest BCUT2D eigenvalue weighted by Gasteiger charge is 2.31. The van der Waals surface area contributed by atoms with E-state index in [1.54, 1.807) is 24.3 Å². The molecule has 1 aliphatic heterocycles. The molecule has 0 spiro atoms. The van der Waals surface area contributed by atoms with Gasteiger partial charge >= 0.3 is 0 Å². The number of rotatable bonds is 7. The summed E-state index contributed by atoms with van der Waals surface area (Å²) in [6.07, 6.45) is 0.976. The predicted octanol–water partition coefficient (Wildman–Crippen LogP) is 4.96. The molecule has 0 radical (unpaired) electrons. The second-order valence-corrected chi connectivity index (χ2v) is 10.6. The molecule has 1 heterocycles. The number of carbonyl (C=O) groups is 1. The zero-order valence-electron chi connectivity index (χ0n) is 17.5. The van der Waals surface area contributed by atoms with Crippen molar-refractivity contribution in [3.8, 4) is 5.75 Å². The minimum atomic E-state index is -3.51. The quantitative estimate of drug-likeness (QED) is 0.602. The van der Waals surface area contributed by atoms with Gasteiger partial charge in [0.15, 0.2) is 0 Å². The van der Waals surface area contributed by atoms with Gasteiger partial charge < -0.3 is 10.1 Å². The SMILES string of the molecule is CC(C)Oc1cccc(NC(=O)C2CCN(S(=O)(=O)Cc3ccc(Cl)c(Cl)c3)CC2)c1. The van der Waals surface area contributed by atoms with Crippen LogP contribution < -0.4 is 10.1 Å². The van der Waals surface area contributed by atoms with Crippen molar-refractivity contribution >= 4 is 44.8 Å². The molecule has 0 aliphatic carbocycles. The number of anilines is 1. The number of nitrogens with one attached hydrogen (secondary N) is 1. The van der Waals surface area contributed by atoms with Crippen LogP contribution in [0, 0.1) is 5.92 Å². The molecule has 168 valence electrons. The Balaban J connectivity index is 1.56. The lowest BCUT2D eigenvalue weighted by atomic mass is 9.97. The smallest absolute Gasteiger partial charge is 0.227 e. The van der Waals surface area contributed by atoms with Crippen LogP contribution in [-0.2, 0) is 20.6 Å². The minimum absolute atomic E-state index is 0.0427. The third kappa shape index (κ3) is 6.59. The van der Waals surface area contributed by atoms with Gasteiger partial charge in [0.05, 0.1) is 21.9 Å². The summed E-state index contributed by atoms with van der Waals surface area (Å²) >= 11 is 11.9. The number of hydrogen-bond donors (Lipinski definition) is 1. The first-order chi connectivity index (χ1) is 14.6. The third-order valence-corrected chi connectivity index (χ3v) is 7.61. The molecule has 0 aromatic heterocycles. The Morgan fingerprint density at radius 2 is 1.84 bits per heavy atom. The zero-order valence-corrected chi connectivity index (χ0v) is 19.8. The van der Waals surface area contributed by atoms with Crippen LogP contribution in [0.2, 0.25) is 10.0 Å². The molecule has 1 amide bonds. The van der Waals surface area contributed by atoms with Gasteiger partial charge in [0.1, 0.15) is 5.75 Å². The molecule has 2 aromatic carbocycles. The molecule has 1 saturated heterocycles. The Hall–Kier alpha value is -1.80. The van der Waals surface area contributed by atoms with Crippen LogP contribution >= 0.6 is 23.2 Å². The molecule has 1 N–H and O–H groups in total. The van der Waals surface area contributed by atoms with Gasteiger partial charge in [-0.05, 0) is 56.5 Å². The lowest BCUT2D eigenvalue weighted by Gasteiger charge is -2.30. The molecule has 3 rings (SSSR count). The number of carbonyl (C=O) groups excluding carboxylic acids is 1. The molecular weight excluding hydrogens is 459 g/mol. The highest BCUT2D eigenvalue weighted by atomic mass is 35.5. The number of halogens is 2. The van der Waals surface area contributed by atoms with Crippen LogP contribution in [0.25, 0.3) is 0 Å². The van der Waals surface area contributed by atoms with Crippen molar-refractivity contribution in [1.82, 2.24) is 4.31 Å². The van der Waals surface area contributed by atoms with Crippen molar-refractivity contribution in [2.45, 2.75) is 38.5 Å². The fourth-order valence-electron chi connectivity index (χ4n) is 3.49. The van der Waals surface area contributed by atoms with E-state index in [1.165, 1.54) is 4.31 Å². The molecule has 31 heavy (non-hydrogen) atoms. The number of hydrogen-bond acceptors (Lipinski definition) is 4. The van der Waals surface area contributed by atoms with Gasteiger partial charge in [0, 0.05) is 30.8 Å². The zero-order chi connectivity index (χ0) is 22.6. The fourth-order valence-corrected chi connectivity index (χ4v) is 5.36. The van der Waals surface area contributed by atoms with Crippen molar-refractivity contribution in [2.24, 2.45) is 5.92 Å². The maximum atomic E-state index is 12.8. The van der Waals surface area contributed by atoms with E-state index in [0.717, 1.165) is 0 Å². The van der Waals surface area contributed by atoms with Crippen LogP contribution in [0.1, 0.15) is 32.3 Å². The van der Waals surface area contributed by atoms with Gasteiger partial charge in [0.25, 0.3) is 0 Å². The maximum Gasteiger partial charge on any atom is 0.227 e.